The van der Waals surface area contributed by atoms with Crippen LogP contribution in [-0.2, 0) is 4.74 Å². The van der Waals surface area contributed by atoms with E-state index in [1.54, 1.807) is 31.3 Å². The quantitative estimate of drug-likeness (QED) is 0.825. The summed E-state index contributed by atoms with van der Waals surface area (Å²) in [5, 5.41) is 10.8. The number of allylic oxidation sites excluding steroid dienone is 2. The highest BCUT2D eigenvalue weighted by Gasteiger charge is 2.22. The van der Waals surface area contributed by atoms with Gasteiger partial charge >= 0.3 is 5.97 Å². The second kappa shape index (κ2) is 6.65. The van der Waals surface area contributed by atoms with Crippen LogP contribution in [0.5, 0.6) is 5.75 Å². The number of carbonyl (C=O) groups excluding carboxylic acids is 1. The van der Waals surface area contributed by atoms with Crippen LogP contribution in [0.25, 0.3) is 11.1 Å². The third-order valence-corrected chi connectivity index (χ3v) is 4.58. The molecule has 1 N–H and O–H groups in total. The number of methoxy groups -OCH3 is 1. The smallest absolute Gasteiger partial charge is 0.339 e. The number of hydrogen-bond acceptors (Lipinski definition) is 4. The Morgan fingerprint density at radius 2 is 2.00 bits per heavy atom. The Labute approximate surface area is 145 Å². The Morgan fingerprint density at radius 1 is 1.25 bits per heavy atom. The average molecular weight is 344 g/mol. The van der Waals surface area contributed by atoms with E-state index >= 15 is 0 Å². The summed E-state index contributed by atoms with van der Waals surface area (Å²) in [7, 11) is 1.36. The van der Waals surface area contributed by atoms with E-state index in [1.165, 1.54) is 7.11 Å². The van der Waals surface area contributed by atoms with Gasteiger partial charge in [-0.3, -0.25) is 4.98 Å². The van der Waals surface area contributed by atoms with Crippen molar-refractivity contribution in [2.24, 2.45) is 0 Å². The summed E-state index contributed by atoms with van der Waals surface area (Å²) >= 11 is 6.09. The highest BCUT2D eigenvalue weighted by Crippen LogP contribution is 2.43. The van der Waals surface area contributed by atoms with Gasteiger partial charge in [-0.25, -0.2) is 4.79 Å². The first-order valence-electron chi connectivity index (χ1n) is 7.77. The topological polar surface area (TPSA) is 59.4 Å². The number of hydrogen-bond donors (Lipinski definition) is 1. The van der Waals surface area contributed by atoms with Crippen LogP contribution >= 0.6 is 11.6 Å². The number of aromatic nitrogens is 1. The van der Waals surface area contributed by atoms with Crippen molar-refractivity contribution in [2.75, 3.05) is 7.11 Å². The van der Waals surface area contributed by atoms with Crippen LogP contribution in [0.15, 0.2) is 30.5 Å². The van der Waals surface area contributed by atoms with Crippen LogP contribution in [0.1, 0.15) is 46.4 Å². The second-order valence-electron chi connectivity index (χ2n) is 5.82. The number of phenolic OH excluding ortho intramolecular Hbond substituents is 1. The Kier molecular flexibility index (Phi) is 4.58. The molecule has 0 atom stereocenters. The molecule has 124 valence electrons. The van der Waals surface area contributed by atoms with Gasteiger partial charge in [0, 0.05) is 16.8 Å². The number of carbonyl (C=O) groups is 1. The summed E-state index contributed by atoms with van der Waals surface area (Å²) in [6.45, 7) is 1.78. The summed E-state index contributed by atoms with van der Waals surface area (Å²) < 4.78 is 4.83. The van der Waals surface area contributed by atoms with Crippen molar-refractivity contribution in [1.82, 2.24) is 4.98 Å². The molecule has 0 fully saturated rings. The molecule has 1 aromatic carbocycles. The van der Waals surface area contributed by atoms with Crippen LogP contribution in [0, 0.1) is 6.92 Å². The molecule has 0 unspecified atom stereocenters. The molecule has 3 rings (SSSR count). The van der Waals surface area contributed by atoms with Crippen molar-refractivity contribution in [2.45, 2.75) is 26.2 Å². The Morgan fingerprint density at radius 3 is 2.75 bits per heavy atom. The molecule has 24 heavy (non-hydrogen) atoms. The zero-order valence-electron chi connectivity index (χ0n) is 13.6. The lowest BCUT2D eigenvalue weighted by Crippen LogP contribution is -2.06. The number of phenols is 1. The van der Waals surface area contributed by atoms with Crippen LogP contribution in [0.3, 0.4) is 0 Å². The van der Waals surface area contributed by atoms with Gasteiger partial charge < -0.3 is 9.84 Å². The number of esters is 1. The minimum absolute atomic E-state index is 0.210. The Balaban J connectivity index is 2.13. The van der Waals surface area contributed by atoms with Crippen LogP contribution in [-0.4, -0.2) is 23.2 Å². The maximum Gasteiger partial charge on any atom is 0.339 e. The lowest BCUT2D eigenvalue weighted by molar-refractivity contribution is 0.0599. The highest BCUT2D eigenvalue weighted by atomic mass is 35.5. The molecule has 4 nitrogen and oxygen atoms in total. The number of aryl methyl sites for hydroxylation is 1. The number of halogens is 1. The molecular formula is C19H18ClNO3. The minimum atomic E-state index is -0.396. The van der Waals surface area contributed by atoms with Gasteiger partial charge in [0.25, 0.3) is 0 Å². The van der Waals surface area contributed by atoms with Gasteiger partial charge in [0.1, 0.15) is 5.75 Å². The summed E-state index contributed by atoms with van der Waals surface area (Å²) in [6.07, 6.45) is 4.47. The standard InChI is InChI=1S/C19H18ClNO3/c1-11-16(19(23)24-2)8-12(10-21-11)14-4-3-5-15(14)17-9-13(20)6-7-18(17)22/h6-10,22H,3-5H2,1-2H3. The number of nitrogens with zero attached hydrogens (tertiary/aromatic N) is 1. The van der Waals surface area contributed by atoms with E-state index < -0.39 is 5.97 Å². The van der Waals surface area contributed by atoms with Crippen molar-refractivity contribution >= 4 is 28.7 Å². The van der Waals surface area contributed by atoms with Gasteiger partial charge in [-0.2, -0.15) is 0 Å². The second-order valence-corrected chi connectivity index (χ2v) is 6.26. The van der Waals surface area contributed by atoms with Crippen molar-refractivity contribution in [1.29, 1.82) is 0 Å². The average Bonchev–Trinajstić information content (AvgIpc) is 3.06. The normalized spacial score (nSPS) is 14.1. The fraction of sp³-hybridized carbons (Fsp3) is 0.263. The van der Waals surface area contributed by atoms with Gasteiger partial charge in [-0.15, -0.1) is 0 Å². The Hall–Kier alpha value is -2.33. The van der Waals surface area contributed by atoms with Gasteiger partial charge in [0.05, 0.1) is 18.4 Å². The third kappa shape index (κ3) is 3.02. The lowest BCUT2D eigenvalue weighted by Gasteiger charge is -2.12. The minimum Gasteiger partial charge on any atom is -0.507 e. The monoisotopic (exact) mass is 343 g/mol. The molecule has 1 aliphatic carbocycles. The largest absolute Gasteiger partial charge is 0.507 e. The number of aromatic hydroxyl groups is 1. The molecule has 0 aliphatic heterocycles. The first kappa shape index (κ1) is 16.5. The third-order valence-electron chi connectivity index (χ3n) is 4.34. The summed E-state index contributed by atoms with van der Waals surface area (Å²) in [5.41, 5.74) is 4.87. The van der Waals surface area contributed by atoms with Gasteiger partial charge in [-0.05, 0) is 67.2 Å². The maximum atomic E-state index is 11.9. The van der Waals surface area contributed by atoms with Crippen molar-refractivity contribution in [3.63, 3.8) is 0 Å². The summed E-state index contributed by atoms with van der Waals surface area (Å²) in [6, 6.07) is 6.86. The van der Waals surface area contributed by atoms with E-state index in [2.05, 4.69) is 4.98 Å². The highest BCUT2D eigenvalue weighted by molar-refractivity contribution is 6.30. The maximum absolute atomic E-state index is 11.9. The van der Waals surface area contributed by atoms with E-state index in [4.69, 9.17) is 16.3 Å². The van der Waals surface area contributed by atoms with Crippen molar-refractivity contribution < 1.29 is 14.6 Å². The fourth-order valence-electron chi connectivity index (χ4n) is 3.12. The van der Waals surface area contributed by atoms with E-state index in [0.29, 0.717) is 16.3 Å². The summed E-state index contributed by atoms with van der Waals surface area (Å²) in [4.78, 5) is 16.3. The number of rotatable bonds is 3. The van der Waals surface area contributed by atoms with E-state index in [0.717, 1.165) is 41.5 Å². The first-order chi connectivity index (χ1) is 11.5. The zero-order valence-corrected chi connectivity index (χ0v) is 14.4. The molecular weight excluding hydrogens is 326 g/mol. The van der Waals surface area contributed by atoms with Gasteiger partial charge in [0.15, 0.2) is 0 Å². The Bertz CT molecular complexity index is 843. The number of ether oxygens (including phenoxy) is 1. The van der Waals surface area contributed by atoms with Crippen LogP contribution in [0.2, 0.25) is 5.02 Å². The molecule has 1 aromatic heterocycles. The number of benzene rings is 1. The molecule has 0 radical (unpaired) electrons. The number of pyridine rings is 1. The van der Waals surface area contributed by atoms with E-state index in [-0.39, 0.29) is 5.75 Å². The molecule has 0 saturated heterocycles. The first-order valence-corrected chi connectivity index (χ1v) is 8.15. The molecule has 0 bridgehead atoms. The molecule has 0 saturated carbocycles. The molecule has 2 aromatic rings. The predicted octanol–water partition coefficient (Wildman–Crippen LogP) is 4.63. The SMILES string of the molecule is COC(=O)c1cc(C2=C(c3cc(Cl)ccc3O)CCC2)cnc1C. The van der Waals surface area contributed by atoms with E-state index in [9.17, 15) is 9.90 Å². The zero-order chi connectivity index (χ0) is 17.3. The molecule has 1 heterocycles. The van der Waals surface area contributed by atoms with Gasteiger partial charge in [-0.1, -0.05) is 11.6 Å². The molecule has 0 amide bonds. The summed E-state index contributed by atoms with van der Waals surface area (Å²) in [5.74, 6) is -0.185. The van der Waals surface area contributed by atoms with Crippen LogP contribution < -0.4 is 0 Å². The van der Waals surface area contributed by atoms with Crippen molar-refractivity contribution in [3.05, 3.63) is 57.9 Å². The van der Waals surface area contributed by atoms with E-state index in [1.807, 2.05) is 6.07 Å². The molecule has 5 heteroatoms. The van der Waals surface area contributed by atoms with Crippen LogP contribution in [0.4, 0.5) is 0 Å². The van der Waals surface area contributed by atoms with Gasteiger partial charge in [0.2, 0.25) is 0 Å². The lowest BCUT2D eigenvalue weighted by atomic mass is 9.96. The predicted molar refractivity (Wildman–Crippen MR) is 94.1 cm³/mol. The molecule has 1 aliphatic rings. The van der Waals surface area contributed by atoms with Crippen molar-refractivity contribution in [3.8, 4) is 5.75 Å². The fourth-order valence-corrected chi connectivity index (χ4v) is 3.30. The molecule has 0 spiro atoms.